The summed E-state index contributed by atoms with van der Waals surface area (Å²) in [5.41, 5.74) is -0.851. The molecule has 0 fully saturated rings. The molecule has 0 aromatic carbocycles. The van der Waals surface area contributed by atoms with Gasteiger partial charge in [0.15, 0.2) is 0 Å². The van der Waals surface area contributed by atoms with E-state index >= 15 is 0 Å². The first kappa shape index (κ1) is 15.7. The molecule has 1 aromatic rings. The molecule has 0 atom stereocenters. The standard InChI is InChI=1S/C15H22N2OS/c1-4-8-15(11-16,9-5-2)14(18)17-10-13-7-6-12(3)19-13/h6-7H,4-5,8-10H2,1-3H3,(H,17,18). The van der Waals surface area contributed by atoms with Crippen molar-refractivity contribution in [3.63, 3.8) is 0 Å². The highest BCUT2D eigenvalue weighted by molar-refractivity contribution is 7.11. The Balaban J connectivity index is 2.69. The monoisotopic (exact) mass is 278 g/mol. The summed E-state index contributed by atoms with van der Waals surface area (Å²) >= 11 is 1.68. The van der Waals surface area contributed by atoms with Crippen LogP contribution in [0.3, 0.4) is 0 Å². The quantitative estimate of drug-likeness (QED) is 0.825. The summed E-state index contributed by atoms with van der Waals surface area (Å²) in [6.45, 7) is 6.59. The molecule has 0 radical (unpaired) electrons. The van der Waals surface area contributed by atoms with Crippen LogP contribution in [0.25, 0.3) is 0 Å². The van der Waals surface area contributed by atoms with E-state index in [4.69, 9.17) is 0 Å². The second-order valence-electron chi connectivity index (χ2n) is 4.89. The number of hydrogen-bond donors (Lipinski definition) is 1. The van der Waals surface area contributed by atoms with Crippen LogP contribution >= 0.6 is 11.3 Å². The van der Waals surface area contributed by atoms with Crippen molar-refractivity contribution in [1.82, 2.24) is 5.32 Å². The highest BCUT2D eigenvalue weighted by Crippen LogP contribution is 2.29. The maximum absolute atomic E-state index is 12.3. The van der Waals surface area contributed by atoms with Gasteiger partial charge in [-0.15, -0.1) is 11.3 Å². The van der Waals surface area contributed by atoms with E-state index in [1.807, 2.05) is 32.9 Å². The summed E-state index contributed by atoms with van der Waals surface area (Å²) in [6.07, 6.45) is 2.96. The number of carbonyl (C=O) groups is 1. The van der Waals surface area contributed by atoms with E-state index < -0.39 is 5.41 Å². The van der Waals surface area contributed by atoms with E-state index in [0.717, 1.165) is 17.7 Å². The minimum atomic E-state index is -0.851. The Bertz CT molecular complexity index is 453. The summed E-state index contributed by atoms with van der Waals surface area (Å²) in [5, 5.41) is 12.3. The molecule has 0 aliphatic heterocycles. The Labute approximate surface area is 119 Å². The third kappa shape index (κ3) is 4.07. The van der Waals surface area contributed by atoms with Crippen molar-refractivity contribution in [1.29, 1.82) is 5.26 Å². The second kappa shape index (κ2) is 7.30. The average molecular weight is 278 g/mol. The van der Waals surface area contributed by atoms with Crippen LogP contribution in [0, 0.1) is 23.7 Å². The number of thiophene rings is 1. The van der Waals surface area contributed by atoms with Gasteiger partial charge in [-0.3, -0.25) is 4.79 Å². The summed E-state index contributed by atoms with van der Waals surface area (Å²) < 4.78 is 0. The molecular formula is C15H22N2OS. The van der Waals surface area contributed by atoms with Gasteiger partial charge in [0.2, 0.25) is 5.91 Å². The number of nitrogens with one attached hydrogen (secondary N) is 1. The molecule has 0 saturated heterocycles. The average Bonchev–Trinajstić information content (AvgIpc) is 2.81. The summed E-state index contributed by atoms with van der Waals surface area (Å²) in [7, 11) is 0. The minimum Gasteiger partial charge on any atom is -0.350 e. The van der Waals surface area contributed by atoms with Crippen molar-refractivity contribution in [3.05, 3.63) is 21.9 Å². The van der Waals surface area contributed by atoms with Gasteiger partial charge in [-0.1, -0.05) is 26.7 Å². The van der Waals surface area contributed by atoms with Crippen LogP contribution in [-0.4, -0.2) is 5.91 Å². The third-order valence-electron chi connectivity index (χ3n) is 3.22. The predicted molar refractivity (Wildman–Crippen MR) is 78.8 cm³/mol. The molecule has 1 amide bonds. The van der Waals surface area contributed by atoms with E-state index in [1.165, 1.54) is 4.88 Å². The van der Waals surface area contributed by atoms with Crippen molar-refractivity contribution >= 4 is 17.2 Å². The largest absolute Gasteiger partial charge is 0.350 e. The third-order valence-corrected chi connectivity index (χ3v) is 4.22. The summed E-state index contributed by atoms with van der Waals surface area (Å²) in [6, 6.07) is 6.32. The molecule has 19 heavy (non-hydrogen) atoms. The zero-order chi connectivity index (χ0) is 14.3. The zero-order valence-corrected chi connectivity index (χ0v) is 12.8. The SMILES string of the molecule is CCCC(C#N)(CCC)C(=O)NCc1ccc(C)s1. The van der Waals surface area contributed by atoms with Crippen molar-refractivity contribution in [2.75, 3.05) is 0 Å². The van der Waals surface area contributed by atoms with E-state index in [2.05, 4.69) is 11.4 Å². The summed E-state index contributed by atoms with van der Waals surface area (Å²) in [4.78, 5) is 14.7. The molecule has 1 aromatic heterocycles. The molecular weight excluding hydrogens is 256 g/mol. The molecule has 1 N–H and O–H groups in total. The van der Waals surface area contributed by atoms with Crippen molar-refractivity contribution in [2.45, 2.75) is 53.0 Å². The topological polar surface area (TPSA) is 52.9 Å². The lowest BCUT2D eigenvalue weighted by atomic mass is 9.80. The first-order chi connectivity index (χ1) is 9.07. The molecule has 0 aliphatic carbocycles. The number of carbonyl (C=O) groups excluding carboxylic acids is 1. The number of nitrogens with zero attached hydrogens (tertiary/aromatic N) is 1. The minimum absolute atomic E-state index is 0.121. The second-order valence-corrected chi connectivity index (χ2v) is 6.26. The molecule has 104 valence electrons. The Morgan fingerprint density at radius 1 is 1.37 bits per heavy atom. The smallest absolute Gasteiger partial charge is 0.240 e. The number of nitriles is 1. The zero-order valence-electron chi connectivity index (χ0n) is 12.0. The summed E-state index contributed by atoms with van der Waals surface area (Å²) in [5.74, 6) is -0.121. The van der Waals surface area contributed by atoms with Crippen LogP contribution in [0.4, 0.5) is 0 Å². The van der Waals surface area contributed by atoms with Gasteiger partial charge in [-0.25, -0.2) is 0 Å². The molecule has 0 aliphatic rings. The van der Waals surface area contributed by atoms with Gasteiger partial charge in [-0.05, 0) is 31.9 Å². The maximum atomic E-state index is 12.3. The Morgan fingerprint density at radius 2 is 2.00 bits per heavy atom. The molecule has 1 heterocycles. The molecule has 3 nitrogen and oxygen atoms in total. The van der Waals surface area contributed by atoms with E-state index in [9.17, 15) is 10.1 Å². The van der Waals surface area contributed by atoms with E-state index in [0.29, 0.717) is 19.4 Å². The van der Waals surface area contributed by atoms with Gasteiger partial charge in [0.05, 0.1) is 12.6 Å². The van der Waals surface area contributed by atoms with Gasteiger partial charge in [0.1, 0.15) is 5.41 Å². The van der Waals surface area contributed by atoms with Crippen LogP contribution in [0.5, 0.6) is 0 Å². The highest BCUT2D eigenvalue weighted by atomic mass is 32.1. The molecule has 0 bridgehead atoms. The van der Waals surface area contributed by atoms with Crippen molar-refractivity contribution in [3.8, 4) is 6.07 Å². The fourth-order valence-corrected chi connectivity index (χ4v) is 3.11. The number of amides is 1. The molecule has 4 heteroatoms. The maximum Gasteiger partial charge on any atom is 0.240 e. The lowest BCUT2D eigenvalue weighted by Gasteiger charge is -2.24. The van der Waals surface area contributed by atoms with Gasteiger partial charge in [0, 0.05) is 9.75 Å². The normalized spacial score (nSPS) is 11.1. The first-order valence-corrected chi connectivity index (χ1v) is 7.64. The lowest BCUT2D eigenvalue weighted by molar-refractivity contribution is -0.129. The van der Waals surface area contributed by atoms with E-state index in [-0.39, 0.29) is 5.91 Å². The Hall–Kier alpha value is -1.34. The lowest BCUT2D eigenvalue weighted by Crippen LogP contribution is -2.39. The number of hydrogen-bond acceptors (Lipinski definition) is 3. The van der Waals surface area contributed by atoms with Crippen LogP contribution in [0.1, 0.15) is 49.3 Å². The Morgan fingerprint density at radius 3 is 2.42 bits per heavy atom. The van der Waals surface area contributed by atoms with Gasteiger partial charge >= 0.3 is 0 Å². The van der Waals surface area contributed by atoms with Crippen LogP contribution < -0.4 is 5.32 Å². The molecule has 0 spiro atoms. The highest BCUT2D eigenvalue weighted by Gasteiger charge is 2.36. The van der Waals surface area contributed by atoms with Crippen LogP contribution in [-0.2, 0) is 11.3 Å². The van der Waals surface area contributed by atoms with Gasteiger partial charge in [0.25, 0.3) is 0 Å². The predicted octanol–water partition coefficient (Wildman–Crippen LogP) is 3.78. The van der Waals surface area contributed by atoms with Crippen LogP contribution in [0.15, 0.2) is 12.1 Å². The first-order valence-electron chi connectivity index (χ1n) is 6.83. The van der Waals surface area contributed by atoms with Gasteiger partial charge in [-0.2, -0.15) is 5.26 Å². The Kier molecular flexibility index (Phi) is 6.04. The van der Waals surface area contributed by atoms with Crippen LogP contribution in [0.2, 0.25) is 0 Å². The van der Waals surface area contributed by atoms with E-state index in [1.54, 1.807) is 11.3 Å². The van der Waals surface area contributed by atoms with Gasteiger partial charge < -0.3 is 5.32 Å². The fraction of sp³-hybridized carbons (Fsp3) is 0.600. The molecule has 0 unspecified atom stereocenters. The number of aryl methyl sites for hydroxylation is 1. The molecule has 0 saturated carbocycles. The van der Waals surface area contributed by atoms with Crippen molar-refractivity contribution in [2.24, 2.45) is 5.41 Å². The fourth-order valence-electron chi connectivity index (χ4n) is 2.28. The molecule has 1 rings (SSSR count). The van der Waals surface area contributed by atoms with Crippen molar-refractivity contribution < 1.29 is 4.79 Å². The number of rotatable bonds is 7.